The van der Waals surface area contributed by atoms with E-state index < -0.39 is 6.10 Å². The van der Waals surface area contributed by atoms with Crippen molar-refractivity contribution in [2.45, 2.75) is 19.6 Å². The highest BCUT2D eigenvalue weighted by Crippen LogP contribution is 2.16. The normalized spacial score (nSPS) is 11.9. The third kappa shape index (κ3) is 3.82. The first-order valence-electron chi connectivity index (χ1n) is 6.39. The van der Waals surface area contributed by atoms with Gasteiger partial charge in [0.25, 0.3) is 0 Å². The number of aliphatic hydroxyl groups is 1. The maximum Gasteiger partial charge on any atom is 0.321 e. The number of amides is 2. The molecule has 0 saturated heterocycles. The van der Waals surface area contributed by atoms with E-state index in [0.29, 0.717) is 6.54 Å². The van der Waals surface area contributed by atoms with E-state index in [1.807, 2.05) is 17.5 Å². The molecule has 0 aliphatic carbocycles. The standard InChI is InChI=1S/C15H18N2O2S/c1-11(18)12-5-7-13(8-6-12)16-15(19)17(2)10-14-4-3-9-20-14/h3-9,11,18H,10H2,1-2H3,(H,16,19). The number of urea groups is 1. The zero-order chi connectivity index (χ0) is 14.5. The number of hydrogen-bond acceptors (Lipinski definition) is 3. The fourth-order valence-electron chi connectivity index (χ4n) is 1.77. The van der Waals surface area contributed by atoms with Gasteiger partial charge < -0.3 is 15.3 Å². The van der Waals surface area contributed by atoms with Crippen LogP contribution in [-0.2, 0) is 6.54 Å². The molecule has 0 radical (unpaired) electrons. The second kappa shape index (κ2) is 6.54. The first-order chi connectivity index (χ1) is 9.56. The van der Waals surface area contributed by atoms with Gasteiger partial charge in [-0.25, -0.2) is 4.79 Å². The highest BCUT2D eigenvalue weighted by Gasteiger charge is 2.10. The van der Waals surface area contributed by atoms with Crippen molar-refractivity contribution >= 4 is 23.1 Å². The van der Waals surface area contributed by atoms with Gasteiger partial charge >= 0.3 is 6.03 Å². The summed E-state index contributed by atoms with van der Waals surface area (Å²) in [6.07, 6.45) is -0.499. The molecule has 2 amide bonds. The van der Waals surface area contributed by atoms with Gasteiger partial charge in [-0.15, -0.1) is 11.3 Å². The van der Waals surface area contributed by atoms with E-state index in [-0.39, 0.29) is 6.03 Å². The summed E-state index contributed by atoms with van der Waals surface area (Å²) in [5.41, 5.74) is 1.55. The van der Waals surface area contributed by atoms with Gasteiger partial charge in [-0.05, 0) is 36.1 Å². The van der Waals surface area contributed by atoms with Crippen molar-refractivity contribution in [3.63, 3.8) is 0 Å². The van der Waals surface area contributed by atoms with E-state index in [4.69, 9.17) is 0 Å². The van der Waals surface area contributed by atoms with Crippen LogP contribution < -0.4 is 5.32 Å². The van der Waals surface area contributed by atoms with Gasteiger partial charge in [-0.3, -0.25) is 0 Å². The first-order valence-corrected chi connectivity index (χ1v) is 7.27. The highest BCUT2D eigenvalue weighted by atomic mass is 32.1. The maximum absolute atomic E-state index is 12.0. The lowest BCUT2D eigenvalue weighted by Crippen LogP contribution is -2.30. The van der Waals surface area contributed by atoms with Crippen LogP contribution in [0.2, 0.25) is 0 Å². The Labute approximate surface area is 122 Å². The van der Waals surface area contributed by atoms with Gasteiger partial charge in [0.2, 0.25) is 0 Å². The van der Waals surface area contributed by atoms with E-state index in [0.717, 1.165) is 16.1 Å². The van der Waals surface area contributed by atoms with E-state index in [2.05, 4.69) is 5.32 Å². The summed E-state index contributed by atoms with van der Waals surface area (Å²) < 4.78 is 0. The molecule has 1 heterocycles. The van der Waals surface area contributed by atoms with E-state index >= 15 is 0 Å². The first kappa shape index (κ1) is 14.6. The largest absolute Gasteiger partial charge is 0.389 e. The smallest absolute Gasteiger partial charge is 0.321 e. The molecule has 1 aromatic carbocycles. The monoisotopic (exact) mass is 290 g/mol. The highest BCUT2D eigenvalue weighted by molar-refractivity contribution is 7.09. The summed E-state index contributed by atoms with van der Waals surface area (Å²) >= 11 is 1.63. The van der Waals surface area contributed by atoms with Crippen molar-refractivity contribution in [1.29, 1.82) is 0 Å². The number of benzene rings is 1. The predicted octanol–water partition coefficient (Wildman–Crippen LogP) is 3.47. The Bertz CT molecular complexity index is 550. The second-order valence-corrected chi connectivity index (χ2v) is 5.70. The minimum atomic E-state index is -0.499. The summed E-state index contributed by atoms with van der Waals surface area (Å²) in [4.78, 5) is 14.8. The molecule has 4 nitrogen and oxygen atoms in total. The van der Waals surface area contributed by atoms with Gasteiger partial charge in [0.1, 0.15) is 0 Å². The van der Waals surface area contributed by atoms with Crippen LogP contribution in [0.15, 0.2) is 41.8 Å². The SMILES string of the molecule is CC(O)c1ccc(NC(=O)N(C)Cc2cccs2)cc1. The Hall–Kier alpha value is -1.85. The second-order valence-electron chi connectivity index (χ2n) is 4.66. The average Bonchev–Trinajstić information content (AvgIpc) is 2.92. The molecule has 0 fully saturated rings. The third-order valence-corrected chi connectivity index (χ3v) is 3.83. The van der Waals surface area contributed by atoms with Crippen LogP contribution in [0.25, 0.3) is 0 Å². The van der Waals surface area contributed by atoms with Crippen LogP contribution in [0, 0.1) is 0 Å². The van der Waals surface area contributed by atoms with Crippen molar-refractivity contribution < 1.29 is 9.90 Å². The van der Waals surface area contributed by atoms with Gasteiger partial charge in [0, 0.05) is 17.6 Å². The maximum atomic E-state index is 12.0. The number of rotatable bonds is 4. The molecule has 1 unspecified atom stereocenters. The molecule has 0 saturated carbocycles. The van der Waals surface area contributed by atoms with Crippen molar-refractivity contribution in [1.82, 2.24) is 4.90 Å². The minimum absolute atomic E-state index is 0.150. The van der Waals surface area contributed by atoms with Gasteiger partial charge in [-0.1, -0.05) is 18.2 Å². The van der Waals surface area contributed by atoms with Crippen LogP contribution >= 0.6 is 11.3 Å². The van der Waals surface area contributed by atoms with Crippen LogP contribution in [0.1, 0.15) is 23.5 Å². The van der Waals surface area contributed by atoms with Crippen molar-refractivity contribution in [3.8, 4) is 0 Å². The van der Waals surface area contributed by atoms with Crippen LogP contribution in [0.4, 0.5) is 10.5 Å². The average molecular weight is 290 g/mol. The molecular formula is C15H18N2O2S. The van der Waals surface area contributed by atoms with Crippen LogP contribution in [0.3, 0.4) is 0 Å². The number of thiophene rings is 1. The fraction of sp³-hybridized carbons (Fsp3) is 0.267. The molecule has 5 heteroatoms. The Morgan fingerprint density at radius 1 is 1.35 bits per heavy atom. The lowest BCUT2D eigenvalue weighted by atomic mass is 10.1. The van der Waals surface area contributed by atoms with E-state index in [9.17, 15) is 9.90 Å². The number of aliphatic hydroxyl groups excluding tert-OH is 1. The lowest BCUT2D eigenvalue weighted by Gasteiger charge is -2.17. The van der Waals surface area contributed by atoms with E-state index in [1.54, 1.807) is 54.5 Å². The molecule has 0 bridgehead atoms. The Kier molecular flexibility index (Phi) is 4.76. The lowest BCUT2D eigenvalue weighted by molar-refractivity contribution is 0.199. The van der Waals surface area contributed by atoms with Crippen LogP contribution in [-0.4, -0.2) is 23.1 Å². The minimum Gasteiger partial charge on any atom is -0.389 e. The summed E-state index contributed by atoms with van der Waals surface area (Å²) in [5, 5.41) is 14.3. The molecule has 106 valence electrons. The number of carbonyl (C=O) groups excluding carboxylic acids is 1. The molecule has 2 rings (SSSR count). The summed E-state index contributed by atoms with van der Waals surface area (Å²) in [7, 11) is 1.76. The number of carbonyl (C=O) groups is 1. The van der Waals surface area contributed by atoms with Crippen molar-refractivity contribution in [2.75, 3.05) is 12.4 Å². The molecule has 20 heavy (non-hydrogen) atoms. The van der Waals surface area contributed by atoms with Crippen molar-refractivity contribution in [3.05, 3.63) is 52.2 Å². The topological polar surface area (TPSA) is 52.6 Å². The van der Waals surface area contributed by atoms with Crippen molar-refractivity contribution in [2.24, 2.45) is 0 Å². The van der Waals surface area contributed by atoms with E-state index in [1.165, 1.54) is 0 Å². The summed E-state index contributed by atoms with van der Waals surface area (Å²) in [6, 6.07) is 11.0. The molecule has 0 aliphatic heterocycles. The molecule has 2 aromatic rings. The predicted molar refractivity (Wildman–Crippen MR) is 81.9 cm³/mol. The Balaban J connectivity index is 1.93. The zero-order valence-electron chi connectivity index (χ0n) is 11.5. The third-order valence-electron chi connectivity index (χ3n) is 2.96. The summed E-state index contributed by atoms with van der Waals surface area (Å²) in [6.45, 7) is 2.30. The molecule has 2 N–H and O–H groups in total. The quantitative estimate of drug-likeness (QED) is 0.906. The molecule has 1 aromatic heterocycles. The van der Waals surface area contributed by atoms with Crippen LogP contribution in [0.5, 0.6) is 0 Å². The molecular weight excluding hydrogens is 272 g/mol. The molecule has 1 atom stereocenters. The molecule has 0 aliphatic rings. The fourth-order valence-corrected chi connectivity index (χ4v) is 2.53. The Morgan fingerprint density at radius 2 is 2.05 bits per heavy atom. The zero-order valence-corrected chi connectivity index (χ0v) is 12.4. The number of anilines is 1. The molecule has 0 spiro atoms. The number of nitrogens with one attached hydrogen (secondary N) is 1. The summed E-state index contributed by atoms with van der Waals surface area (Å²) in [5.74, 6) is 0. The number of hydrogen-bond donors (Lipinski definition) is 2. The van der Waals surface area contributed by atoms with Gasteiger partial charge in [-0.2, -0.15) is 0 Å². The Morgan fingerprint density at radius 3 is 2.60 bits per heavy atom. The van der Waals surface area contributed by atoms with Gasteiger partial charge in [0.15, 0.2) is 0 Å². The van der Waals surface area contributed by atoms with Gasteiger partial charge in [0.05, 0.1) is 12.6 Å². The number of nitrogens with zero attached hydrogens (tertiary/aromatic N) is 1.